The van der Waals surface area contributed by atoms with Gasteiger partial charge in [0.1, 0.15) is 6.04 Å². The number of H-pyrrole nitrogens is 2. The third-order valence-electron chi connectivity index (χ3n) is 5.94. The number of nitrogens with one attached hydrogen (secondary N) is 5. The van der Waals surface area contributed by atoms with Gasteiger partial charge in [-0.3, -0.25) is 24.0 Å². The summed E-state index contributed by atoms with van der Waals surface area (Å²) in [6.45, 7) is 5.08. The summed E-state index contributed by atoms with van der Waals surface area (Å²) in [6, 6.07) is 10.2. The molecule has 0 aliphatic rings. The van der Waals surface area contributed by atoms with Crippen LogP contribution in [-0.4, -0.2) is 56.8 Å². The van der Waals surface area contributed by atoms with Crippen LogP contribution < -0.4 is 21.5 Å². The summed E-state index contributed by atoms with van der Waals surface area (Å²) < 4.78 is 5.40. The number of aromatic nitrogens is 3. The van der Waals surface area contributed by atoms with Crippen LogP contribution in [-0.2, 0) is 32.1 Å². The summed E-state index contributed by atoms with van der Waals surface area (Å²) in [5, 5.41) is 8.16. The van der Waals surface area contributed by atoms with Gasteiger partial charge in [0.15, 0.2) is 11.9 Å². The van der Waals surface area contributed by atoms with Crippen LogP contribution in [0.25, 0.3) is 0 Å². The van der Waals surface area contributed by atoms with Crippen molar-refractivity contribution in [2.24, 2.45) is 5.92 Å². The monoisotopic (exact) mass is 550 g/mol. The number of rotatable bonds is 13. The molecule has 12 heteroatoms. The third kappa shape index (κ3) is 8.93. The lowest BCUT2D eigenvalue weighted by atomic mass is 9.98. The van der Waals surface area contributed by atoms with Gasteiger partial charge in [0, 0.05) is 44.0 Å². The quantitative estimate of drug-likeness (QED) is 0.199. The standard InChI is InChI=1S/C28H34N6O6/c1-17(2)14-22(34-28(39)24-29-12-13-30-24)26(37)33-21(15-20-10-7-11-31-25(20)36)23(40-18(3)35)27(38)32-16-19-8-5-4-6-9-19/h4-13,17,21-23H,14-16H2,1-3H3,(H,29,30)(H,31,36)(H,32,38)(H,33,37)(H,34,39)/t21-,22-,23?/m0/s1. The number of amides is 3. The van der Waals surface area contributed by atoms with Crippen molar-refractivity contribution in [2.45, 2.75) is 58.3 Å². The summed E-state index contributed by atoms with van der Waals surface area (Å²) in [4.78, 5) is 73.2. The van der Waals surface area contributed by atoms with Crippen molar-refractivity contribution < 1.29 is 23.9 Å². The highest BCUT2D eigenvalue weighted by molar-refractivity contribution is 5.95. The van der Waals surface area contributed by atoms with Crippen LogP contribution in [0.1, 0.15) is 48.9 Å². The van der Waals surface area contributed by atoms with Crippen molar-refractivity contribution in [2.75, 3.05) is 0 Å². The zero-order valence-corrected chi connectivity index (χ0v) is 22.6. The molecule has 0 spiro atoms. The molecule has 0 radical (unpaired) electrons. The van der Waals surface area contributed by atoms with E-state index in [0.29, 0.717) is 0 Å². The molecule has 0 fully saturated rings. The number of carbonyl (C=O) groups excluding carboxylic acids is 4. The molecular weight excluding hydrogens is 516 g/mol. The van der Waals surface area contributed by atoms with Crippen LogP contribution in [0.5, 0.6) is 0 Å². The maximum atomic E-state index is 13.5. The topological polar surface area (TPSA) is 175 Å². The van der Waals surface area contributed by atoms with E-state index in [9.17, 15) is 24.0 Å². The third-order valence-corrected chi connectivity index (χ3v) is 5.94. The van der Waals surface area contributed by atoms with Crippen LogP contribution >= 0.6 is 0 Å². The number of ether oxygens (including phenoxy) is 1. The fourth-order valence-corrected chi connectivity index (χ4v) is 4.07. The number of imidazole rings is 1. The van der Waals surface area contributed by atoms with Gasteiger partial charge in [-0.15, -0.1) is 0 Å². The Kier molecular flexibility index (Phi) is 10.7. The van der Waals surface area contributed by atoms with Crippen molar-refractivity contribution in [1.82, 2.24) is 30.9 Å². The Morgan fingerprint density at radius 1 is 0.950 bits per heavy atom. The van der Waals surface area contributed by atoms with Gasteiger partial charge in [-0.1, -0.05) is 50.2 Å². The Labute approximate surface area is 231 Å². The molecule has 0 aliphatic carbocycles. The maximum Gasteiger partial charge on any atom is 0.303 e. The number of pyridine rings is 1. The first kappa shape index (κ1) is 29.8. The van der Waals surface area contributed by atoms with Gasteiger partial charge in [0.2, 0.25) is 5.91 Å². The van der Waals surface area contributed by atoms with Gasteiger partial charge in [0.25, 0.3) is 17.4 Å². The van der Waals surface area contributed by atoms with Crippen LogP contribution in [0.15, 0.2) is 65.8 Å². The first-order valence-electron chi connectivity index (χ1n) is 12.9. The molecule has 212 valence electrons. The molecule has 12 nitrogen and oxygen atoms in total. The van der Waals surface area contributed by atoms with Gasteiger partial charge in [-0.2, -0.15) is 0 Å². The summed E-state index contributed by atoms with van der Waals surface area (Å²) in [6.07, 6.45) is 3.03. The molecule has 2 aromatic heterocycles. The normalized spacial score (nSPS) is 13.1. The Hall–Kier alpha value is -4.74. The van der Waals surface area contributed by atoms with Crippen molar-refractivity contribution in [3.63, 3.8) is 0 Å². The first-order valence-corrected chi connectivity index (χ1v) is 12.9. The SMILES string of the molecule is CC(=O)OC(C(=O)NCc1ccccc1)[C@H](Cc1ccc[nH]c1=O)NC(=O)[C@H](CC(C)C)NC(=O)c1ncc[nH]1. The Morgan fingerprint density at radius 3 is 2.33 bits per heavy atom. The van der Waals surface area contributed by atoms with Crippen LogP contribution in [0, 0.1) is 5.92 Å². The Balaban J connectivity index is 1.89. The van der Waals surface area contributed by atoms with E-state index in [0.717, 1.165) is 12.5 Å². The molecule has 3 amide bonds. The maximum absolute atomic E-state index is 13.5. The molecule has 40 heavy (non-hydrogen) atoms. The number of benzene rings is 1. The molecule has 0 saturated heterocycles. The van der Waals surface area contributed by atoms with E-state index in [1.165, 1.54) is 18.6 Å². The summed E-state index contributed by atoms with van der Waals surface area (Å²) >= 11 is 0. The minimum absolute atomic E-state index is 0.0153. The molecule has 5 N–H and O–H groups in total. The van der Waals surface area contributed by atoms with Crippen LogP contribution in [0.4, 0.5) is 0 Å². The predicted octanol–water partition coefficient (Wildman–Crippen LogP) is 1.22. The van der Waals surface area contributed by atoms with Gasteiger partial charge < -0.3 is 30.7 Å². The second-order valence-corrected chi connectivity index (χ2v) is 9.67. The molecule has 0 aliphatic heterocycles. The van der Waals surface area contributed by atoms with Gasteiger partial charge >= 0.3 is 5.97 Å². The predicted molar refractivity (Wildman–Crippen MR) is 146 cm³/mol. The van der Waals surface area contributed by atoms with E-state index in [-0.39, 0.29) is 36.7 Å². The number of hydrogen-bond donors (Lipinski definition) is 5. The van der Waals surface area contributed by atoms with Crippen molar-refractivity contribution in [3.8, 4) is 0 Å². The molecule has 0 saturated carbocycles. The zero-order chi connectivity index (χ0) is 29.1. The number of hydrogen-bond acceptors (Lipinski definition) is 7. The van der Waals surface area contributed by atoms with Gasteiger partial charge in [0.05, 0.1) is 6.04 Å². The lowest BCUT2D eigenvalue weighted by molar-refractivity contribution is -0.156. The molecule has 0 bridgehead atoms. The minimum atomic E-state index is -1.47. The second-order valence-electron chi connectivity index (χ2n) is 9.67. The molecule has 3 aromatic rings. The first-order chi connectivity index (χ1) is 19.1. The van der Waals surface area contributed by atoms with Crippen molar-refractivity contribution >= 4 is 23.7 Å². The average molecular weight is 551 g/mol. The average Bonchev–Trinajstić information content (AvgIpc) is 3.46. The molecular formula is C28H34N6O6. The second kappa shape index (κ2) is 14.4. The van der Waals surface area contributed by atoms with Crippen molar-refractivity contribution in [3.05, 3.63) is 88.4 Å². The summed E-state index contributed by atoms with van der Waals surface area (Å²) in [5.74, 6) is -2.55. The smallest absolute Gasteiger partial charge is 0.303 e. The number of nitrogens with zero attached hydrogens (tertiary/aromatic N) is 1. The molecule has 2 heterocycles. The Bertz CT molecular complexity index is 1340. The fraction of sp³-hybridized carbons (Fsp3) is 0.357. The highest BCUT2D eigenvalue weighted by atomic mass is 16.5. The van der Waals surface area contributed by atoms with E-state index >= 15 is 0 Å². The van der Waals surface area contributed by atoms with E-state index < -0.39 is 47.4 Å². The number of carbonyl (C=O) groups is 4. The summed E-state index contributed by atoms with van der Waals surface area (Å²) in [5.41, 5.74) is 0.661. The van der Waals surface area contributed by atoms with Crippen molar-refractivity contribution in [1.29, 1.82) is 0 Å². The Morgan fingerprint density at radius 2 is 1.70 bits per heavy atom. The molecule has 1 unspecified atom stereocenters. The molecule has 3 atom stereocenters. The van der Waals surface area contributed by atoms with Crippen LogP contribution in [0.3, 0.4) is 0 Å². The van der Waals surface area contributed by atoms with Gasteiger partial charge in [-0.25, -0.2) is 4.98 Å². The van der Waals surface area contributed by atoms with E-state index in [2.05, 4.69) is 30.9 Å². The lowest BCUT2D eigenvalue weighted by Gasteiger charge is -2.29. The van der Waals surface area contributed by atoms with E-state index in [1.807, 2.05) is 44.2 Å². The van der Waals surface area contributed by atoms with E-state index in [4.69, 9.17) is 4.74 Å². The van der Waals surface area contributed by atoms with E-state index in [1.54, 1.807) is 12.1 Å². The fourth-order valence-electron chi connectivity index (χ4n) is 4.07. The highest BCUT2D eigenvalue weighted by Crippen LogP contribution is 2.12. The van der Waals surface area contributed by atoms with Gasteiger partial charge in [-0.05, 0) is 24.0 Å². The minimum Gasteiger partial charge on any atom is -0.450 e. The molecule has 3 rings (SSSR count). The largest absolute Gasteiger partial charge is 0.450 e. The number of aromatic amines is 2. The number of esters is 1. The summed E-state index contributed by atoms with van der Waals surface area (Å²) in [7, 11) is 0. The highest BCUT2D eigenvalue weighted by Gasteiger charge is 2.35. The lowest BCUT2D eigenvalue weighted by Crippen LogP contribution is -2.57. The molecule has 1 aromatic carbocycles. The zero-order valence-electron chi connectivity index (χ0n) is 22.6. The van der Waals surface area contributed by atoms with Crippen LogP contribution in [0.2, 0.25) is 0 Å².